The molecule has 4 aromatic rings. The SMILES string of the molecule is COc1ccc(CSc2nc3cc(C)[nH]c3c(=O)n2Cc2ccco2)cc1F. The summed E-state index contributed by atoms with van der Waals surface area (Å²) in [6.45, 7) is 2.15. The van der Waals surface area contributed by atoms with Crippen LogP contribution in [0.4, 0.5) is 4.39 Å². The summed E-state index contributed by atoms with van der Waals surface area (Å²) >= 11 is 1.37. The fourth-order valence-corrected chi connectivity index (χ4v) is 3.91. The van der Waals surface area contributed by atoms with E-state index in [-0.39, 0.29) is 17.9 Å². The highest BCUT2D eigenvalue weighted by Gasteiger charge is 2.15. The second-order valence-electron chi connectivity index (χ2n) is 6.34. The number of methoxy groups -OCH3 is 1. The molecule has 8 heteroatoms. The van der Waals surface area contributed by atoms with E-state index in [2.05, 4.69) is 9.97 Å². The summed E-state index contributed by atoms with van der Waals surface area (Å²) < 4.78 is 25.9. The van der Waals surface area contributed by atoms with Crippen molar-refractivity contribution >= 4 is 22.8 Å². The minimum atomic E-state index is -0.418. The Balaban J connectivity index is 1.70. The molecule has 0 aliphatic rings. The van der Waals surface area contributed by atoms with Crippen LogP contribution in [-0.4, -0.2) is 21.6 Å². The van der Waals surface area contributed by atoms with Crippen LogP contribution in [0.5, 0.6) is 5.75 Å². The van der Waals surface area contributed by atoms with Crippen LogP contribution in [0, 0.1) is 12.7 Å². The zero-order chi connectivity index (χ0) is 19.7. The van der Waals surface area contributed by atoms with Gasteiger partial charge in [-0.3, -0.25) is 9.36 Å². The van der Waals surface area contributed by atoms with Gasteiger partial charge in [0.15, 0.2) is 16.7 Å². The third kappa shape index (κ3) is 3.55. The summed E-state index contributed by atoms with van der Waals surface area (Å²) in [4.78, 5) is 20.7. The Morgan fingerprint density at radius 3 is 2.89 bits per heavy atom. The van der Waals surface area contributed by atoms with Crippen molar-refractivity contribution in [1.29, 1.82) is 0 Å². The smallest absolute Gasteiger partial charge is 0.278 e. The number of thioether (sulfide) groups is 1. The Bertz CT molecular complexity index is 1180. The van der Waals surface area contributed by atoms with Gasteiger partial charge in [-0.1, -0.05) is 17.8 Å². The molecule has 1 aromatic carbocycles. The van der Waals surface area contributed by atoms with Gasteiger partial charge in [0.2, 0.25) is 0 Å². The number of fused-ring (bicyclic) bond motifs is 1. The standard InChI is InChI=1S/C20H18FN3O3S/c1-12-8-16-18(22-12)19(25)24(10-14-4-3-7-27-14)20(23-16)28-11-13-5-6-17(26-2)15(21)9-13/h3-9,22H,10-11H2,1-2H3. The number of furan rings is 1. The van der Waals surface area contributed by atoms with Gasteiger partial charge in [-0.15, -0.1) is 0 Å². The second-order valence-corrected chi connectivity index (χ2v) is 7.28. The maximum atomic E-state index is 14.0. The lowest BCUT2D eigenvalue weighted by atomic mass is 10.2. The molecule has 28 heavy (non-hydrogen) atoms. The van der Waals surface area contributed by atoms with E-state index in [4.69, 9.17) is 9.15 Å². The lowest BCUT2D eigenvalue weighted by Crippen LogP contribution is -2.23. The maximum absolute atomic E-state index is 14.0. The van der Waals surface area contributed by atoms with Crippen LogP contribution in [0.3, 0.4) is 0 Å². The number of aryl methyl sites for hydroxylation is 1. The van der Waals surface area contributed by atoms with E-state index in [1.807, 2.05) is 19.1 Å². The number of aromatic nitrogens is 3. The first-order chi connectivity index (χ1) is 13.5. The van der Waals surface area contributed by atoms with Crippen LogP contribution in [0.25, 0.3) is 11.0 Å². The minimum Gasteiger partial charge on any atom is -0.494 e. The molecular formula is C20H18FN3O3S. The molecule has 0 unspecified atom stereocenters. The van der Waals surface area contributed by atoms with Gasteiger partial charge in [-0.05, 0) is 42.8 Å². The van der Waals surface area contributed by atoms with E-state index in [1.54, 1.807) is 29.0 Å². The molecule has 144 valence electrons. The number of aromatic amines is 1. The molecule has 0 amide bonds. The minimum absolute atomic E-state index is 0.169. The van der Waals surface area contributed by atoms with Crippen LogP contribution in [0.1, 0.15) is 17.0 Å². The number of hydrogen-bond acceptors (Lipinski definition) is 5. The summed E-state index contributed by atoms with van der Waals surface area (Å²) in [5, 5.41) is 0.545. The van der Waals surface area contributed by atoms with Gasteiger partial charge in [-0.2, -0.15) is 0 Å². The Kier molecular flexibility index (Phi) is 4.95. The van der Waals surface area contributed by atoms with Crippen molar-refractivity contribution in [3.63, 3.8) is 0 Å². The zero-order valence-electron chi connectivity index (χ0n) is 15.4. The molecule has 0 saturated carbocycles. The summed E-state index contributed by atoms with van der Waals surface area (Å²) in [6, 6.07) is 10.2. The molecule has 0 saturated heterocycles. The molecule has 0 fully saturated rings. The first kappa shape index (κ1) is 18.4. The second kappa shape index (κ2) is 7.55. The van der Waals surface area contributed by atoms with Gasteiger partial charge in [0.25, 0.3) is 5.56 Å². The predicted octanol–water partition coefficient (Wildman–Crippen LogP) is 4.11. The van der Waals surface area contributed by atoms with Crippen LogP contribution < -0.4 is 10.3 Å². The summed E-state index contributed by atoms with van der Waals surface area (Å²) in [7, 11) is 1.43. The zero-order valence-corrected chi connectivity index (χ0v) is 16.2. The average molecular weight is 399 g/mol. The third-order valence-corrected chi connectivity index (χ3v) is 5.36. The average Bonchev–Trinajstić information content (AvgIpc) is 3.32. The van der Waals surface area contributed by atoms with E-state index in [0.717, 1.165) is 11.3 Å². The molecule has 0 aliphatic heterocycles. The number of halogens is 1. The van der Waals surface area contributed by atoms with Crippen molar-refractivity contribution in [2.24, 2.45) is 0 Å². The molecule has 0 radical (unpaired) electrons. The Labute approximate surface area is 164 Å². The molecule has 0 aliphatic carbocycles. The van der Waals surface area contributed by atoms with Crippen LogP contribution in [0.2, 0.25) is 0 Å². The van der Waals surface area contributed by atoms with Crippen LogP contribution >= 0.6 is 11.8 Å². The first-order valence-corrected chi connectivity index (χ1v) is 9.61. The van der Waals surface area contributed by atoms with Crippen molar-refractivity contribution < 1.29 is 13.5 Å². The van der Waals surface area contributed by atoms with Crippen molar-refractivity contribution in [2.75, 3.05) is 7.11 Å². The summed E-state index contributed by atoms with van der Waals surface area (Å²) in [6.07, 6.45) is 1.57. The van der Waals surface area contributed by atoms with E-state index in [9.17, 15) is 9.18 Å². The van der Waals surface area contributed by atoms with E-state index >= 15 is 0 Å². The normalized spacial score (nSPS) is 11.2. The molecule has 0 spiro atoms. The first-order valence-electron chi connectivity index (χ1n) is 8.63. The van der Waals surface area contributed by atoms with Gasteiger partial charge in [-0.25, -0.2) is 9.37 Å². The van der Waals surface area contributed by atoms with E-state index < -0.39 is 5.82 Å². The van der Waals surface area contributed by atoms with Gasteiger partial charge < -0.3 is 14.1 Å². The Morgan fingerprint density at radius 1 is 1.32 bits per heavy atom. The molecular weight excluding hydrogens is 381 g/mol. The number of rotatable bonds is 6. The summed E-state index contributed by atoms with van der Waals surface area (Å²) in [5.41, 5.74) is 2.54. The largest absolute Gasteiger partial charge is 0.494 e. The highest BCUT2D eigenvalue weighted by molar-refractivity contribution is 7.98. The summed E-state index contributed by atoms with van der Waals surface area (Å²) in [5.74, 6) is 0.897. The third-order valence-electron chi connectivity index (χ3n) is 4.32. The molecule has 0 atom stereocenters. The maximum Gasteiger partial charge on any atom is 0.278 e. The lowest BCUT2D eigenvalue weighted by molar-refractivity contribution is 0.386. The molecule has 3 heterocycles. The van der Waals surface area contributed by atoms with Gasteiger partial charge in [0, 0.05) is 11.4 Å². The molecule has 0 bridgehead atoms. The van der Waals surface area contributed by atoms with Crippen molar-refractivity contribution in [3.8, 4) is 5.75 Å². The highest BCUT2D eigenvalue weighted by Crippen LogP contribution is 2.25. The number of ether oxygens (including phenoxy) is 1. The number of benzene rings is 1. The molecule has 4 rings (SSSR count). The van der Waals surface area contributed by atoms with E-state index in [1.165, 1.54) is 24.9 Å². The quantitative estimate of drug-likeness (QED) is 0.390. The number of H-pyrrole nitrogens is 1. The van der Waals surface area contributed by atoms with Crippen molar-refractivity contribution in [1.82, 2.24) is 14.5 Å². The fourth-order valence-electron chi connectivity index (χ4n) is 2.97. The highest BCUT2D eigenvalue weighted by atomic mass is 32.2. The predicted molar refractivity (Wildman–Crippen MR) is 105 cm³/mol. The Hall–Kier alpha value is -3.00. The molecule has 6 nitrogen and oxygen atoms in total. The molecule has 3 aromatic heterocycles. The Morgan fingerprint density at radius 2 is 2.18 bits per heavy atom. The topological polar surface area (TPSA) is 73.0 Å². The van der Waals surface area contributed by atoms with Crippen molar-refractivity contribution in [2.45, 2.75) is 24.4 Å². The number of nitrogens with one attached hydrogen (secondary N) is 1. The number of hydrogen-bond donors (Lipinski definition) is 1. The van der Waals surface area contributed by atoms with Gasteiger partial charge >= 0.3 is 0 Å². The van der Waals surface area contributed by atoms with Crippen molar-refractivity contribution in [3.05, 3.63) is 75.9 Å². The van der Waals surface area contributed by atoms with E-state index in [0.29, 0.717) is 27.7 Å². The lowest BCUT2D eigenvalue weighted by Gasteiger charge is -2.11. The fraction of sp³-hybridized carbons (Fsp3) is 0.200. The van der Waals surface area contributed by atoms with Gasteiger partial charge in [0.1, 0.15) is 11.3 Å². The molecule has 1 N–H and O–H groups in total. The van der Waals surface area contributed by atoms with Crippen LogP contribution in [0.15, 0.2) is 57.0 Å². The number of nitrogens with zero attached hydrogens (tertiary/aromatic N) is 2. The van der Waals surface area contributed by atoms with Crippen LogP contribution in [-0.2, 0) is 12.3 Å². The van der Waals surface area contributed by atoms with Gasteiger partial charge in [0.05, 0.1) is 25.4 Å². The monoisotopic (exact) mass is 399 g/mol.